The lowest BCUT2D eigenvalue weighted by atomic mass is 9.84. The Kier molecular flexibility index (Phi) is 5.17. The van der Waals surface area contributed by atoms with Crippen LogP contribution in [-0.2, 0) is 0 Å². The second-order valence-corrected chi connectivity index (χ2v) is 6.28. The number of nitrogens with one attached hydrogen (secondary N) is 1. The minimum Gasteiger partial charge on any atom is -0.396 e. The van der Waals surface area contributed by atoms with E-state index in [0.29, 0.717) is 27.2 Å². The zero-order chi connectivity index (χ0) is 14.7. The number of nitrogens with two attached hydrogens (primary N) is 1. The van der Waals surface area contributed by atoms with Gasteiger partial charge in [-0.2, -0.15) is 0 Å². The van der Waals surface area contributed by atoms with E-state index < -0.39 is 0 Å². The van der Waals surface area contributed by atoms with E-state index >= 15 is 0 Å². The van der Waals surface area contributed by atoms with E-state index in [0.717, 1.165) is 12.8 Å². The van der Waals surface area contributed by atoms with Crippen molar-refractivity contribution in [2.45, 2.75) is 45.1 Å². The van der Waals surface area contributed by atoms with E-state index in [1.54, 1.807) is 12.1 Å². The molecule has 1 saturated carbocycles. The molecule has 2 atom stereocenters. The molecule has 1 aromatic carbocycles. The quantitative estimate of drug-likeness (QED) is 0.818. The van der Waals surface area contributed by atoms with E-state index in [9.17, 15) is 4.79 Å². The summed E-state index contributed by atoms with van der Waals surface area (Å²) in [6.07, 6.45) is 5.71. The summed E-state index contributed by atoms with van der Waals surface area (Å²) in [4.78, 5) is 12.3. The van der Waals surface area contributed by atoms with Gasteiger partial charge in [-0.1, -0.05) is 49.4 Å². The van der Waals surface area contributed by atoms with Crippen LogP contribution in [0.2, 0.25) is 10.0 Å². The fraction of sp³-hybridized carbons (Fsp3) is 0.533. The van der Waals surface area contributed by atoms with Crippen LogP contribution in [0.4, 0.5) is 5.69 Å². The van der Waals surface area contributed by atoms with Crippen molar-refractivity contribution in [3.05, 3.63) is 27.7 Å². The van der Waals surface area contributed by atoms with Gasteiger partial charge in [-0.05, 0) is 30.9 Å². The third kappa shape index (κ3) is 3.58. The molecule has 1 aliphatic carbocycles. The van der Waals surface area contributed by atoms with E-state index in [1.165, 1.54) is 19.3 Å². The number of nitrogen functional groups attached to an aromatic ring is 1. The van der Waals surface area contributed by atoms with Gasteiger partial charge in [-0.15, -0.1) is 0 Å². The van der Waals surface area contributed by atoms with Crippen LogP contribution in [0.1, 0.15) is 49.4 Å². The lowest BCUT2D eigenvalue weighted by Crippen LogP contribution is -2.38. The largest absolute Gasteiger partial charge is 0.396 e. The highest BCUT2D eigenvalue weighted by Gasteiger charge is 2.23. The van der Waals surface area contributed by atoms with Crippen molar-refractivity contribution in [2.75, 3.05) is 5.73 Å². The highest BCUT2D eigenvalue weighted by atomic mass is 35.5. The van der Waals surface area contributed by atoms with E-state index in [2.05, 4.69) is 12.2 Å². The standard InChI is InChI=1S/C15H20Cl2N2O/c1-2-9-4-3-5-11(6-9)19-15(20)10-7-12(16)14(18)13(17)8-10/h7-9,11H,2-6,18H2,1H3,(H,19,20). The van der Waals surface area contributed by atoms with Crippen LogP contribution in [0, 0.1) is 5.92 Å². The summed E-state index contributed by atoms with van der Waals surface area (Å²) in [5.41, 5.74) is 6.45. The van der Waals surface area contributed by atoms with Crippen molar-refractivity contribution in [3.63, 3.8) is 0 Å². The molecule has 3 N–H and O–H groups in total. The Hall–Kier alpha value is -0.930. The highest BCUT2D eigenvalue weighted by Crippen LogP contribution is 2.30. The van der Waals surface area contributed by atoms with Gasteiger partial charge in [0.2, 0.25) is 0 Å². The number of amides is 1. The number of benzene rings is 1. The van der Waals surface area contributed by atoms with Crippen molar-refractivity contribution >= 4 is 34.8 Å². The van der Waals surface area contributed by atoms with Crippen molar-refractivity contribution in [3.8, 4) is 0 Å². The van der Waals surface area contributed by atoms with Gasteiger partial charge >= 0.3 is 0 Å². The third-order valence-corrected chi connectivity index (χ3v) is 4.66. The first-order valence-electron chi connectivity index (χ1n) is 7.06. The summed E-state index contributed by atoms with van der Waals surface area (Å²) >= 11 is 11.9. The molecule has 0 radical (unpaired) electrons. The van der Waals surface area contributed by atoms with Crippen molar-refractivity contribution in [1.82, 2.24) is 5.32 Å². The van der Waals surface area contributed by atoms with Crippen molar-refractivity contribution in [2.24, 2.45) is 5.92 Å². The molecular weight excluding hydrogens is 295 g/mol. The second kappa shape index (κ2) is 6.68. The summed E-state index contributed by atoms with van der Waals surface area (Å²) in [7, 11) is 0. The predicted octanol–water partition coefficient (Wildman–Crippen LogP) is 4.27. The Balaban J connectivity index is 2.05. The van der Waals surface area contributed by atoms with Crippen LogP contribution in [-0.4, -0.2) is 11.9 Å². The lowest BCUT2D eigenvalue weighted by Gasteiger charge is -2.29. The molecule has 5 heteroatoms. The van der Waals surface area contributed by atoms with Crippen molar-refractivity contribution in [1.29, 1.82) is 0 Å². The maximum atomic E-state index is 12.3. The van der Waals surface area contributed by atoms with Gasteiger partial charge in [0.05, 0.1) is 15.7 Å². The van der Waals surface area contributed by atoms with Crippen molar-refractivity contribution < 1.29 is 4.79 Å². The Morgan fingerprint density at radius 1 is 1.35 bits per heavy atom. The maximum Gasteiger partial charge on any atom is 0.251 e. The number of carbonyl (C=O) groups is 1. The van der Waals surface area contributed by atoms with Crippen LogP contribution in [0.15, 0.2) is 12.1 Å². The molecule has 0 aliphatic heterocycles. The normalized spacial score (nSPS) is 22.6. The Labute approximate surface area is 129 Å². The van der Waals surface area contributed by atoms with Crippen LogP contribution in [0.25, 0.3) is 0 Å². The fourth-order valence-corrected chi connectivity index (χ4v) is 3.26. The molecule has 1 fully saturated rings. The Bertz CT molecular complexity index is 482. The van der Waals surface area contributed by atoms with Crippen LogP contribution >= 0.6 is 23.2 Å². The predicted molar refractivity (Wildman–Crippen MR) is 84.4 cm³/mol. The van der Waals surface area contributed by atoms with Gasteiger partial charge in [-0.3, -0.25) is 4.79 Å². The van der Waals surface area contributed by atoms with Gasteiger partial charge in [0, 0.05) is 11.6 Å². The topological polar surface area (TPSA) is 55.1 Å². The average Bonchev–Trinajstić information content (AvgIpc) is 2.44. The summed E-state index contributed by atoms with van der Waals surface area (Å²) in [5, 5.41) is 3.71. The van der Waals surface area contributed by atoms with E-state index in [-0.39, 0.29) is 11.9 Å². The summed E-state index contributed by atoms with van der Waals surface area (Å²) < 4.78 is 0. The number of halogens is 2. The van der Waals surface area contributed by atoms with E-state index in [4.69, 9.17) is 28.9 Å². The molecule has 1 aliphatic rings. The lowest BCUT2D eigenvalue weighted by molar-refractivity contribution is 0.0919. The first-order valence-corrected chi connectivity index (χ1v) is 7.82. The number of hydrogen-bond acceptors (Lipinski definition) is 2. The molecule has 20 heavy (non-hydrogen) atoms. The molecule has 2 rings (SSSR count). The number of hydrogen-bond donors (Lipinski definition) is 2. The minimum absolute atomic E-state index is 0.129. The summed E-state index contributed by atoms with van der Waals surface area (Å²) in [6, 6.07) is 3.38. The molecule has 1 amide bonds. The zero-order valence-corrected chi connectivity index (χ0v) is 13.1. The Morgan fingerprint density at radius 3 is 2.60 bits per heavy atom. The van der Waals surface area contributed by atoms with Crippen LogP contribution < -0.4 is 11.1 Å². The average molecular weight is 315 g/mol. The first-order chi connectivity index (χ1) is 9.51. The fourth-order valence-electron chi connectivity index (χ4n) is 2.78. The highest BCUT2D eigenvalue weighted by molar-refractivity contribution is 6.39. The first kappa shape index (κ1) is 15.5. The molecule has 0 spiro atoms. The Morgan fingerprint density at radius 2 is 2.00 bits per heavy atom. The molecule has 0 heterocycles. The molecule has 2 unspecified atom stereocenters. The molecule has 3 nitrogen and oxygen atoms in total. The maximum absolute atomic E-state index is 12.3. The van der Waals surface area contributed by atoms with Gasteiger partial charge < -0.3 is 11.1 Å². The van der Waals surface area contributed by atoms with Crippen LogP contribution in [0.3, 0.4) is 0 Å². The van der Waals surface area contributed by atoms with Gasteiger partial charge in [0.25, 0.3) is 5.91 Å². The molecule has 110 valence electrons. The third-order valence-electron chi connectivity index (χ3n) is 4.04. The smallest absolute Gasteiger partial charge is 0.251 e. The summed E-state index contributed by atoms with van der Waals surface area (Å²) in [5.74, 6) is 0.586. The molecule has 0 aromatic heterocycles. The molecule has 0 saturated heterocycles. The summed E-state index contributed by atoms with van der Waals surface area (Å²) in [6.45, 7) is 2.20. The number of carbonyl (C=O) groups excluding carboxylic acids is 1. The molecule has 0 bridgehead atoms. The number of anilines is 1. The SMILES string of the molecule is CCC1CCCC(NC(=O)c2cc(Cl)c(N)c(Cl)c2)C1. The second-order valence-electron chi connectivity index (χ2n) is 5.46. The van der Waals surface area contributed by atoms with Gasteiger partial charge in [-0.25, -0.2) is 0 Å². The minimum atomic E-state index is -0.129. The van der Waals surface area contributed by atoms with E-state index in [1.807, 2.05) is 0 Å². The molecule has 1 aromatic rings. The van der Waals surface area contributed by atoms with Gasteiger partial charge in [0.15, 0.2) is 0 Å². The number of rotatable bonds is 3. The monoisotopic (exact) mass is 314 g/mol. The van der Waals surface area contributed by atoms with Gasteiger partial charge in [0.1, 0.15) is 0 Å². The zero-order valence-electron chi connectivity index (χ0n) is 11.6. The molecular formula is C15H20Cl2N2O. The van der Waals surface area contributed by atoms with Crippen LogP contribution in [0.5, 0.6) is 0 Å².